The molecule has 0 heterocycles. The molecular formula is C15H13NO3. The fraction of sp³-hybridized carbons (Fsp3) is 0.0667. The summed E-state index contributed by atoms with van der Waals surface area (Å²) in [6.45, 7) is 0. The molecular weight excluding hydrogens is 242 g/mol. The van der Waals surface area contributed by atoms with Gasteiger partial charge in [-0.05, 0) is 35.4 Å². The Balaban J connectivity index is 2.44. The average molecular weight is 255 g/mol. The lowest BCUT2D eigenvalue weighted by Gasteiger charge is -2.06. The van der Waals surface area contributed by atoms with Crippen LogP contribution in [-0.2, 0) is 0 Å². The van der Waals surface area contributed by atoms with E-state index in [1.165, 1.54) is 6.07 Å². The Labute approximate surface area is 110 Å². The lowest BCUT2D eigenvalue weighted by Crippen LogP contribution is -2.17. The van der Waals surface area contributed by atoms with Gasteiger partial charge in [0.25, 0.3) is 5.91 Å². The number of carbonyl (C=O) groups excluding carboxylic acids is 2. The third-order valence-corrected chi connectivity index (χ3v) is 2.84. The summed E-state index contributed by atoms with van der Waals surface area (Å²) in [5, 5.41) is 12.2. The van der Waals surface area contributed by atoms with Gasteiger partial charge >= 0.3 is 0 Å². The maximum Gasteiger partial charge on any atom is 0.251 e. The second-order valence-electron chi connectivity index (χ2n) is 4.05. The van der Waals surface area contributed by atoms with Crippen LogP contribution in [0, 0.1) is 0 Å². The molecule has 19 heavy (non-hydrogen) atoms. The summed E-state index contributed by atoms with van der Waals surface area (Å²) in [6, 6.07) is 11.8. The molecule has 4 heteroatoms. The van der Waals surface area contributed by atoms with Crippen molar-refractivity contribution in [2.45, 2.75) is 0 Å². The van der Waals surface area contributed by atoms with Crippen LogP contribution in [0.5, 0.6) is 5.75 Å². The van der Waals surface area contributed by atoms with E-state index < -0.39 is 0 Å². The summed E-state index contributed by atoms with van der Waals surface area (Å²) in [5.74, 6) is -0.242. The second kappa shape index (κ2) is 5.35. The largest absolute Gasteiger partial charge is 0.507 e. The van der Waals surface area contributed by atoms with Gasteiger partial charge in [0.1, 0.15) is 5.75 Å². The Hall–Kier alpha value is -2.62. The molecule has 0 saturated heterocycles. The molecule has 0 aliphatic rings. The molecule has 2 N–H and O–H groups in total. The zero-order chi connectivity index (χ0) is 13.8. The SMILES string of the molecule is CNC(=O)c1cccc(-c2ccc(C=O)c(O)c2)c1. The first-order valence-electron chi connectivity index (χ1n) is 5.76. The van der Waals surface area contributed by atoms with Crippen LogP contribution in [0.15, 0.2) is 42.5 Å². The lowest BCUT2D eigenvalue weighted by atomic mass is 10.0. The number of carbonyl (C=O) groups is 2. The Kier molecular flexibility index (Phi) is 3.61. The van der Waals surface area contributed by atoms with E-state index >= 15 is 0 Å². The second-order valence-corrected chi connectivity index (χ2v) is 4.05. The summed E-state index contributed by atoms with van der Waals surface area (Å²) < 4.78 is 0. The first-order valence-corrected chi connectivity index (χ1v) is 5.76. The van der Waals surface area contributed by atoms with E-state index in [4.69, 9.17) is 0 Å². The van der Waals surface area contributed by atoms with Crippen LogP contribution in [0.3, 0.4) is 0 Å². The topological polar surface area (TPSA) is 66.4 Å². The van der Waals surface area contributed by atoms with Gasteiger partial charge in [0.15, 0.2) is 6.29 Å². The fourth-order valence-electron chi connectivity index (χ4n) is 1.81. The van der Waals surface area contributed by atoms with Crippen LogP contribution in [0.25, 0.3) is 11.1 Å². The average Bonchev–Trinajstić information content (AvgIpc) is 2.46. The third kappa shape index (κ3) is 2.63. The molecule has 0 unspecified atom stereocenters. The number of rotatable bonds is 3. The molecule has 0 atom stereocenters. The lowest BCUT2D eigenvalue weighted by molar-refractivity contribution is 0.0962. The van der Waals surface area contributed by atoms with Gasteiger partial charge in [0.2, 0.25) is 0 Å². The minimum Gasteiger partial charge on any atom is -0.507 e. The van der Waals surface area contributed by atoms with Gasteiger partial charge in [-0.15, -0.1) is 0 Å². The van der Waals surface area contributed by atoms with E-state index in [0.29, 0.717) is 11.8 Å². The molecule has 0 spiro atoms. The van der Waals surface area contributed by atoms with E-state index in [0.717, 1.165) is 11.1 Å². The minimum atomic E-state index is -0.171. The van der Waals surface area contributed by atoms with Crippen LogP contribution in [0.1, 0.15) is 20.7 Å². The monoisotopic (exact) mass is 255 g/mol. The van der Waals surface area contributed by atoms with E-state index in [2.05, 4.69) is 5.32 Å². The number of benzene rings is 2. The maximum absolute atomic E-state index is 11.6. The van der Waals surface area contributed by atoms with Crippen molar-refractivity contribution in [2.75, 3.05) is 7.05 Å². The zero-order valence-corrected chi connectivity index (χ0v) is 10.4. The molecule has 0 aromatic heterocycles. The van der Waals surface area contributed by atoms with Crippen LogP contribution in [-0.4, -0.2) is 24.3 Å². The summed E-state index contributed by atoms with van der Waals surface area (Å²) in [6.07, 6.45) is 0.597. The van der Waals surface area contributed by atoms with Gasteiger partial charge in [-0.25, -0.2) is 0 Å². The molecule has 96 valence electrons. The van der Waals surface area contributed by atoms with Crippen LogP contribution >= 0.6 is 0 Å². The number of hydrogen-bond acceptors (Lipinski definition) is 3. The minimum absolute atomic E-state index is 0.0714. The van der Waals surface area contributed by atoms with Crippen molar-refractivity contribution >= 4 is 12.2 Å². The van der Waals surface area contributed by atoms with Gasteiger partial charge in [0.05, 0.1) is 5.56 Å². The summed E-state index contributed by atoms with van der Waals surface area (Å²) in [5.41, 5.74) is 2.33. The van der Waals surface area contributed by atoms with Crippen LogP contribution in [0.2, 0.25) is 0 Å². The number of phenols is 1. The van der Waals surface area contributed by atoms with E-state index in [1.54, 1.807) is 37.4 Å². The highest BCUT2D eigenvalue weighted by Gasteiger charge is 2.07. The van der Waals surface area contributed by atoms with E-state index in [-0.39, 0.29) is 17.2 Å². The number of aromatic hydroxyl groups is 1. The number of nitrogens with one attached hydrogen (secondary N) is 1. The summed E-state index contributed by atoms with van der Waals surface area (Å²) in [4.78, 5) is 22.2. The van der Waals surface area contributed by atoms with Gasteiger partial charge in [0, 0.05) is 12.6 Å². The Morgan fingerprint density at radius 3 is 2.53 bits per heavy atom. The van der Waals surface area contributed by atoms with Crippen LogP contribution < -0.4 is 5.32 Å². The van der Waals surface area contributed by atoms with Crippen molar-refractivity contribution in [3.63, 3.8) is 0 Å². The molecule has 2 aromatic carbocycles. The highest BCUT2D eigenvalue weighted by atomic mass is 16.3. The molecule has 1 amide bonds. The van der Waals surface area contributed by atoms with Crippen molar-refractivity contribution in [1.82, 2.24) is 5.32 Å². The third-order valence-electron chi connectivity index (χ3n) is 2.84. The number of aldehydes is 1. The summed E-state index contributed by atoms with van der Waals surface area (Å²) >= 11 is 0. The van der Waals surface area contributed by atoms with Crippen molar-refractivity contribution < 1.29 is 14.7 Å². The molecule has 0 bridgehead atoms. The highest BCUT2D eigenvalue weighted by Crippen LogP contribution is 2.26. The molecule has 2 aromatic rings. The Morgan fingerprint density at radius 1 is 1.16 bits per heavy atom. The number of amides is 1. The first kappa shape index (κ1) is 12.8. The van der Waals surface area contributed by atoms with Gasteiger partial charge in [-0.3, -0.25) is 9.59 Å². The molecule has 0 radical (unpaired) electrons. The molecule has 0 aliphatic carbocycles. The highest BCUT2D eigenvalue weighted by molar-refractivity contribution is 5.95. The van der Waals surface area contributed by atoms with E-state index in [9.17, 15) is 14.7 Å². The standard InChI is InChI=1S/C15H13NO3/c1-16-15(19)12-4-2-3-10(7-12)11-5-6-13(9-17)14(18)8-11/h2-9,18H,1H3,(H,16,19). The first-order chi connectivity index (χ1) is 9.15. The van der Waals surface area contributed by atoms with Crippen LogP contribution in [0.4, 0.5) is 0 Å². The smallest absolute Gasteiger partial charge is 0.251 e. The van der Waals surface area contributed by atoms with E-state index in [1.807, 2.05) is 6.07 Å². The summed E-state index contributed by atoms with van der Waals surface area (Å²) in [7, 11) is 1.57. The van der Waals surface area contributed by atoms with Gasteiger partial charge < -0.3 is 10.4 Å². The Bertz CT molecular complexity index is 635. The van der Waals surface area contributed by atoms with Crippen molar-refractivity contribution in [3.8, 4) is 16.9 Å². The predicted molar refractivity (Wildman–Crippen MR) is 72.3 cm³/mol. The normalized spacial score (nSPS) is 9.95. The molecule has 4 nitrogen and oxygen atoms in total. The van der Waals surface area contributed by atoms with Crippen molar-refractivity contribution in [1.29, 1.82) is 0 Å². The van der Waals surface area contributed by atoms with Gasteiger partial charge in [-0.2, -0.15) is 0 Å². The Morgan fingerprint density at radius 2 is 1.89 bits per heavy atom. The molecule has 0 saturated carbocycles. The van der Waals surface area contributed by atoms with Crippen molar-refractivity contribution in [2.24, 2.45) is 0 Å². The van der Waals surface area contributed by atoms with Crippen molar-refractivity contribution in [3.05, 3.63) is 53.6 Å². The number of hydrogen-bond donors (Lipinski definition) is 2. The molecule has 0 aliphatic heterocycles. The zero-order valence-electron chi connectivity index (χ0n) is 10.4. The quantitative estimate of drug-likeness (QED) is 0.826. The number of phenolic OH excluding ortho intramolecular Hbond substituents is 1. The maximum atomic E-state index is 11.6. The fourth-order valence-corrected chi connectivity index (χ4v) is 1.81. The predicted octanol–water partition coefficient (Wildman–Crippen LogP) is 2.23. The van der Waals surface area contributed by atoms with Gasteiger partial charge in [-0.1, -0.05) is 18.2 Å². The molecule has 2 rings (SSSR count). The molecule has 0 fully saturated rings.